The predicted octanol–water partition coefficient (Wildman–Crippen LogP) is -0.824. The molecule has 0 radical (unpaired) electrons. The van der Waals surface area contributed by atoms with E-state index in [1.807, 2.05) is 6.92 Å². The first-order valence-electron chi connectivity index (χ1n) is 12.1. The minimum atomic E-state index is -1.20. The van der Waals surface area contributed by atoms with Gasteiger partial charge < -0.3 is 37.5 Å². The number of imidazole rings is 1. The van der Waals surface area contributed by atoms with Crippen LogP contribution in [0.15, 0.2) is 12.5 Å². The first-order chi connectivity index (χ1) is 16.9. The van der Waals surface area contributed by atoms with Gasteiger partial charge >= 0.3 is 5.97 Å². The number of aliphatic carboxylic acids is 1. The number of hydrogen-bond acceptors (Lipinski definition) is 7. The lowest BCUT2D eigenvalue weighted by molar-refractivity contribution is -0.143. The van der Waals surface area contributed by atoms with E-state index < -0.39 is 53.8 Å². The fourth-order valence-electron chi connectivity index (χ4n) is 3.37. The Morgan fingerprint density at radius 1 is 0.972 bits per heavy atom. The molecule has 0 saturated heterocycles. The van der Waals surface area contributed by atoms with E-state index >= 15 is 0 Å². The van der Waals surface area contributed by atoms with Crippen LogP contribution in [0.2, 0.25) is 0 Å². The molecule has 1 aromatic rings. The van der Waals surface area contributed by atoms with Gasteiger partial charge in [0.1, 0.15) is 18.1 Å². The van der Waals surface area contributed by atoms with Crippen molar-refractivity contribution in [3.8, 4) is 0 Å². The Labute approximate surface area is 210 Å². The number of H-pyrrole nitrogens is 1. The molecule has 13 heteroatoms. The van der Waals surface area contributed by atoms with Gasteiger partial charge in [-0.3, -0.25) is 19.2 Å². The highest BCUT2D eigenvalue weighted by Gasteiger charge is 2.32. The van der Waals surface area contributed by atoms with E-state index in [4.69, 9.17) is 11.5 Å². The third-order valence-corrected chi connectivity index (χ3v) is 6.26. The molecule has 0 aliphatic carbocycles. The van der Waals surface area contributed by atoms with E-state index in [1.54, 1.807) is 20.8 Å². The van der Waals surface area contributed by atoms with Crippen molar-refractivity contribution in [2.45, 2.75) is 84.0 Å². The zero-order chi connectivity index (χ0) is 27.4. The molecule has 6 atom stereocenters. The summed E-state index contributed by atoms with van der Waals surface area (Å²) in [6.07, 6.45) is 3.69. The average molecular weight is 510 g/mol. The van der Waals surface area contributed by atoms with Crippen molar-refractivity contribution in [3.05, 3.63) is 18.2 Å². The van der Waals surface area contributed by atoms with Gasteiger partial charge in [0.05, 0.1) is 12.4 Å². The molecule has 0 spiro atoms. The zero-order valence-electron chi connectivity index (χ0n) is 21.2. The first kappa shape index (κ1) is 30.6. The number of nitrogens with two attached hydrogens (primary N) is 2. The lowest BCUT2D eigenvalue weighted by atomic mass is 9.98. The minimum absolute atomic E-state index is 0.0205. The molecular formula is C23H39N7O6. The highest BCUT2D eigenvalue weighted by Crippen LogP contribution is 2.10. The Morgan fingerprint density at radius 3 is 2.06 bits per heavy atom. The molecule has 13 nitrogen and oxygen atoms in total. The van der Waals surface area contributed by atoms with Gasteiger partial charge in [-0.1, -0.05) is 40.5 Å². The lowest BCUT2D eigenvalue weighted by Crippen LogP contribution is -2.58. The van der Waals surface area contributed by atoms with Crippen LogP contribution in [0.1, 0.15) is 59.1 Å². The number of aromatic nitrogens is 2. The van der Waals surface area contributed by atoms with Crippen molar-refractivity contribution >= 4 is 29.6 Å². The predicted molar refractivity (Wildman–Crippen MR) is 131 cm³/mol. The number of hydrogen-bond donors (Lipinski definition) is 7. The number of amides is 4. The SMILES string of the molecule is CCC(C)C(N)C(=O)NC(CCC(N)=O)C(=O)NC(Cc1cnc[nH]1)C(=O)NC(C(=O)O)C(C)CC. The van der Waals surface area contributed by atoms with E-state index in [9.17, 15) is 29.1 Å². The summed E-state index contributed by atoms with van der Waals surface area (Å²) < 4.78 is 0. The van der Waals surface area contributed by atoms with E-state index in [0.717, 1.165) is 0 Å². The van der Waals surface area contributed by atoms with E-state index in [0.29, 0.717) is 18.5 Å². The largest absolute Gasteiger partial charge is 0.480 e. The molecule has 6 unspecified atom stereocenters. The van der Waals surface area contributed by atoms with Gasteiger partial charge in [0.25, 0.3) is 0 Å². The summed E-state index contributed by atoms with van der Waals surface area (Å²) in [5.74, 6) is -4.42. The summed E-state index contributed by atoms with van der Waals surface area (Å²) in [5.41, 5.74) is 11.7. The number of primary amides is 1. The molecule has 1 rings (SSSR count). The van der Waals surface area contributed by atoms with Gasteiger partial charge in [0.2, 0.25) is 23.6 Å². The Balaban J connectivity index is 3.13. The molecule has 0 bridgehead atoms. The Kier molecular flexibility index (Phi) is 12.6. The summed E-state index contributed by atoms with van der Waals surface area (Å²) in [4.78, 5) is 68.6. The summed E-state index contributed by atoms with van der Waals surface area (Å²) >= 11 is 0. The number of carboxylic acid groups (broad SMARTS) is 1. The van der Waals surface area contributed by atoms with Crippen LogP contribution in [0, 0.1) is 11.8 Å². The zero-order valence-corrected chi connectivity index (χ0v) is 21.2. The Bertz CT molecular complexity index is 892. The first-order valence-corrected chi connectivity index (χ1v) is 12.1. The number of aromatic amines is 1. The maximum Gasteiger partial charge on any atom is 0.326 e. The van der Waals surface area contributed by atoms with Crippen LogP contribution in [-0.2, 0) is 30.4 Å². The number of carbonyl (C=O) groups excluding carboxylic acids is 4. The molecule has 0 aliphatic rings. The van der Waals surface area contributed by atoms with Crippen LogP contribution in [0.4, 0.5) is 0 Å². The molecule has 0 aliphatic heterocycles. The Hall–Kier alpha value is -3.48. The topological polar surface area (TPSA) is 222 Å². The summed E-state index contributed by atoms with van der Waals surface area (Å²) in [6.45, 7) is 7.16. The molecule has 0 saturated carbocycles. The molecule has 1 aromatic heterocycles. The maximum atomic E-state index is 13.2. The molecule has 0 aromatic carbocycles. The van der Waals surface area contributed by atoms with Crippen LogP contribution in [0.5, 0.6) is 0 Å². The summed E-state index contributed by atoms with van der Waals surface area (Å²) in [5, 5.41) is 17.2. The molecule has 4 amide bonds. The second-order valence-corrected chi connectivity index (χ2v) is 9.03. The third-order valence-electron chi connectivity index (χ3n) is 6.26. The highest BCUT2D eigenvalue weighted by atomic mass is 16.4. The smallest absolute Gasteiger partial charge is 0.326 e. The van der Waals surface area contributed by atoms with Gasteiger partial charge in [-0.15, -0.1) is 0 Å². The molecule has 1 heterocycles. The van der Waals surface area contributed by atoms with Gasteiger partial charge in [-0.25, -0.2) is 9.78 Å². The number of carbonyl (C=O) groups is 5. The van der Waals surface area contributed by atoms with Gasteiger partial charge in [0, 0.05) is 24.7 Å². The van der Waals surface area contributed by atoms with E-state index in [2.05, 4.69) is 25.9 Å². The summed E-state index contributed by atoms with van der Waals surface area (Å²) in [6, 6.07) is -4.43. The summed E-state index contributed by atoms with van der Waals surface area (Å²) in [7, 11) is 0. The number of nitrogens with zero attached hydrogens (tertiary/aromatic N) is 1. The fourth-order valence-corrected chi connectivity index (χ4v) is 3.37. The monoisotopic (exact) mass is 509 g/mol. The lowest BCUT2D eigenvalue weighted by Gasteiger charge is -2.27. The molecule has 202 valence electrons. The quantitative estimate of drug-likeness (QED) is 0.149. The average Bonchev–Trinajstić information content (AvgIpc) is 3.35. The van der Waals surface area contributed by atoms with Crippen LogP contribution in [0.25, 0.3) is 0 Å². The van der Waals surface area contributed by atoms with Crippen molar-refractivity contribution in [2.24, 2.45) is 23.3 Å². The van der Waals surface area contributed by atoms with Crippen molar-refractivity contribution in [2.75, 3.05) is 0 Å². The highest BCUT2D eigenvalue weighted by molar-refractivity contribution is 5.94. The number of carboxylic acids is 1. The van der Waals surface area contributed by atoms with Crippen LogP contribution < -0.4 is 27.4 Å². The molecular weight excluding hydrogens is 470 g/mol. The normalized spacial score (nSPS) is 16.0. The van der Waals surface area contributed by atoms with Crippen LogP contribution >= 0.6 is 0 Å². The van der Waals surface area contributed by atoms with Crippen LogP contribution in [0.3, 0.4) is 0 Å². The fraction of sp³-hybridized carbons (Fsp3) is 0.652. The van der Waals surface area contributed by atoms with Crippen molar-refractivity contribution in [1.82, 2.24) is 25.9 Å². The third kappa shape index (κ3) is 9.64. The van der Waals surface area contributed by atoms with E-state index in [-0.39, 0.29) is 31.1 Å². The second-order valence-electron chi connectivity index (χ2n) is 9.03. The maximum absolute atomic E-state index is 13.2. The van der Waals surface area contributed by atoms with Gasteiger partial charge in [-0.2, -0.15) is 0 Å². The van der Waals surface area contributed by atoms with Crippen LogP contribution in [-0.4, -0.2) is 68.8 Å². The minimum Gasteiger partial charge on any atom is -0.480 e. The molecule has 36 heavy (non-hydrogen) atoms. The van der Waals surface area contributed by atoms with Crippen molar-refractivity contribution in [3.63, 3.8) is 0 Å². The van der Waals surface area contributed by atoms with Gasteiger partial charge in [-0.05, 0) is 18.3 Å². The van der Waals surface area contributed by atoms with E-state index in [1.165, 1.54) is 12.5 Å². The molecule has 0 fully saturated rings. The van der Waals surface area contributed by atoms with Crippen molar-refractivity contribution in [1.29, 1.82) is 0 Å². The molecule has 9 N–H and O–H groups in total. The number of rotatable bonds is 16. The Morgan fingerprint density at radius 2 is 1.56 bits per heavy atom. The number of nitrogens with one attached hydrogen (secondary N) is 4. The van der Waals surface area contributed by atoms with Gasteiger partial charge in [0.15, 0.2) is 0 Å². The second kappa shape index (κ2) is 14.8. The van der Waals surface area contributed by atoms with Crippen molar-refractivity contribution < 1.29 is 29.1 Å². The standard InChI is InChI=1S/C23H39N7O6/c1-5-12(3)18(25)22(34)28-15(7-8-17(24)31)20(32)29-16(9-14-10-26-11-27-14)21(33)30-19(23(35)36)13(4)6-2/h10-13,15-16,18-19H,5-9,25H2,1-4H3,(H2,24,31)(H,26,27)(H,28,34)(H,29,32)(H,30,33)(H,35,36).